The third-order valence-electron chi connectivity index (χ3n) is 4.20. The van der Waals surface area contributed by atoms with Crippen molar-refractivity contribution in [1.82, 2.24) is 14.9 Å². The summed E-state index contributed by atoms with van der Waals surface area (Å²) in [4.78, 5) is 14.3. The lowest BCUT2D eigenvalue weighted by Gasteiger charge is -2.08. The van der Waals surface area contributed by atoms with E-state index in [2.05, 4.69) is 14.9 Å². The molecule has 0 saturated carbocycles. The van der Waals surface area contributed by atoms with Crippen LogP contribution in [-0.4, -0.2) is 37.7 Å². The molecule has 0 aliphatic carbocycles. The highest BCUT2D eigenvalue weighted by Gasteiger charge is 2.22. The number of nitro benzene ring substituents is 1. The van der Waals surface area contributed by atoms with Crippen LogP contribution in [0.1, 0.15) is 11.5 Å². The van der Waals surface area contributed by atoms with Crippen LogP contribution in [0.15, 0.2) is 45.8 Å². The summed E-state index contributed by atoms with van der Waals surface area (Å²) in [6.45, 7) is 1.25. The van der Waals surface area contributed by atoms with E-state index in [1.165, 1.54) is 26.4 Å². The van der Waals surface area contributed by atoms with Crippen LogP contribution in [0.25, 0.3) is 11.4 Å². The van der Waals surface area contributed by atoms with Crippen LogP contribution in [0, 0.1) is 17.0 Å². The molecule has 0 spiro atoms. The van der Waals surface area contributed by atoms with Gasteiger partial charge in [0.2, 0.25) is 21.7 Å². The van der Waals surface area contributed by atoms with Crippen LogP contribution in [0.5, 0.6) is 11.5 Å². The molecular formula is C18H18N4O7S. The standard InChI is InChI=1S/C18H18N4O7S/c1-11-4-5-12(22(23)24)8-16(11)30(25,26)19-10-17-20-18(21-29-17)14-7-6-13(27-2)9-15(14)28-3/h4-9,19H,10H2,1-3H3. The second-order valence-electron chi connectivity index (χ2n) is 6.11. The molecule has 0 atom stereocenters. The molecule has 30 heavy (non-hydrogen) atoms. The van der Waals surface area contributed by atoms with Crippen molar-refractivity contribution in [2.45, 2.75) is 18.4 Å². The van der Waals surface area contributed by atoms with Crippen molar-refractivity contribution in [3.63, 3.8) is 0 Å². The molecule has 0 unspecified atom stereocenters. The first-order valence-corrected chi connectivity index (χ1v) is 10.0. The van der Waals surface area contributed by atoms with E-state index in [1.807, 2.05) is 0 Å². The van der Waals surface area contributed by atoms with E-state index in [4.69, 9.17) is 14.0 Å². The van der Waals surface area contributed by atoms with Crippen LogP contribution >= 0.6 is 0 Å². The van der Waals surface area contributed by atoms with Gasteiger partial charge in [0.25, 0.3) is 5.69 Å². The fourth-order valence-corrected chi connectivity index (χ4v) is 3.88. The van der Waals surface area contributed by atoms with Crippen molar-refractivity contribution in [1.29, 1.82) is 0 Å². The van der Waals surface area contributed by atoms with Gasteiger partial charge < -0.3 is 14.0 Å². The molecule has 0 amide bonds. The Morgan fingerprint density at radius 3 is 2.60 bits per heavy atom. The second-order valence-corrected chi connectivity index (χ2v) is 7.84. The van der Waals surface area contributed by atoms with Gasteiger partial charge in [-0.25, -0.2) is 13.1 Å². The van der Waals surface area contributed by atoms with Crippen molar-refractivity contribution in [2.24, 2.45) is 0 Å². The number of sulfonamides is 1. The number of nitro groups is 1. The largest absolute Gasteiger partial charge is 0.497 e. The summed E-state index contributed by atoms with van der Waals surface area (Å²) in [6, 6.07) is 8.64. The summed E-state index contributed by atoms with van der Waals surface area (Å²) in [5, 5.41) is 14.8. The molecular weight excluding hydrogens is 416 g/mol. The number of aromatic nitrogens is 2. The molecule has 0 bridgehead atoms. The van der Waals surface area contributed by atoms with Gasteiger partial charge in [0.1, 0.15) is 11.5 Å². The zero-order valence-corrected chi connectivity index (χ0v) is 17.1. The molecule has 0 aliphatic heterocycles. The Morgan fingerprint density at radius 2 is 1.93 bits per heavy atom. The third kappa shape index (κ3) is 4.39. The van der Waals surface area contributed by atoms with E-state index in [-0.39, 0.29) is 28.8 Å². The molecule has 3 rings (SSSR count). The van der Waals surface area contributed by atoms with E-state index < -0.39 is 14.9 Å². The summed E-state index contributed by atoms with van der Waals surface area (Å²) in [7, 11) is -1.04. The minimum absolute atomic E-state index is 0.00882. The topological polar surface area (TPSA) is 147 Å². The van der Waals surface area contributed by atoms with Gasteiger partial charge in [-0.1, -0.05) is 11.2 Å². The van der Waals surface area contributed by atoms with Gasteiger partial charge in [-0.2, -0.15) is 4.98 Å². The van der Waals surface area contributed by atoms with Crippen molar-refractivity contribution in [2.75, 3.05) is 14.2 Å². The van der Waals surface area contributed by atoms with Crippen LogP contribution in [0.3, 0.4) is 0 Å². The number of non-ortho nitro benzene ring substituents is 1. The maximum absolute atomic E-state index is 12.6. The first-order chi connectivity index (χ1) is 14.2. The van der Waals surface area contributed by atoms with Crippen LogP contribution in [0.2, 0.25) is 0 Å². The smallest absolute Gasteiger partial charge is 0.270 e. The van der Waals surface area contributed by atoms with E-state index >= 15 is 0 Å². The van der Waals surface area contributed by atoms with Crippen LogP contribution in [-0.2, 0) is 16.6 Å². The molecule has 0 fully saturated rings. The number of nitrogens with zero attached hydrogens (tertiary/aromatic N) is 3. The monoisotopic (exact) mass is 434 g/mol. The van der Waals surface area contributed by atoms with Gasteiger partial charge >= 0.3 is 0 Å². The van der Waals surface area contributed by atoms with Crippen LogP contribution < -0.4 is 14.2 Å². The van der Waals surface area contributed by atoms with Crippen LogP contribution in [0.4, 0.5) is 5.69 Å². The van der Waals surface area contributed by atoms with E-state index in [1.54, 1.807) is 25.1 Å². The first kappa shape index (κ1) is 21.2. The molecule has 1 heterocycles. The summed E-state index contributed by atoms with van der Waals surface area (Å²) < 4.78 is 43.1. The molecule has 2 aromatic carbocycles. The minimum atomic E-state index is -4.05. The van der Waals surface area contributed by atoms with Gasteiger partial charge in [0.05, 0.1) is 36.1 Å². The van der Waals surface area contributed by atoms with E-state index in [9.17, 15) is 18.5 Å². The SMILES string of the molecule is COc1ccc(-c2noc(CNS(=O)(=O)c3cc([N+](=O)[O-])ccc3C)n2)c(OC)c1. The Kier molecular flexibility index (Phi) is 5.99. The van der Waals surface area contributed by atoms with Gasteiger partial charge in [0, 0.05) is 18.2 Å². The Bertz CT molecular complexity index is 1190. The maximum atomic E-state index is 12.6. The molecule has 1 N–H and O–H groups in total. The second kappa shape index (κ2) is 8.47. The number of hydrogen-bond donors (Lipinski definition) is 1. The number of rotatable bonds is 8. The first-order valence-electron chi connectivity index (χ1n) is 8.55. The lowest BCUT2D eigenvalue weighted by atomic mass is 10.2. The molecule has 11 nitrogen and oxygen atoms in total. The molecule has 0 radical (unpaired) electrons. The van der Waals surface area contributed by atoms with Crippen molar-refractivity contribution in [3.8, 4) is 22.9 Å². The van der Waals surface area contributed by atoms with Gasteiger partial charge in [0.15, 0.2) is 0 Å². The number of hydrogen-bond acceptors (Lipinski definition) is 9. The Balaban J connectivity index is 1.81. The van der Waals surface area contributed by atoms with Gasteiger partial charge in [-0.15, -0.1) is 0 Å². The Hall–Kier alpha value is -3.51. The average Bonchev–Trinajstić information content (AvgIpc) is 3.20. The van der Waals surface area contributed by atoms with Crippen molar-refractivity contribution in [3.05, 3.63) is 58.0 Å². The highest BCUT2D eigenvalue weighted by molar-refractivity contribution is 7.89. The fraction of sp³-hybridized carbons (Fsp3) is 0.222. The predicted octanol–water partition coefficient (Wildman–Crippen LogP) is 2.45. The highest BCUT2D eigenvalue weighted by atomic mass is 32.2. The molecule has 12 heteroatoms. The zero-order valence-electron chi connectivity index (χ0n) is 16.3. The Labute approximate surface area is 171 Å². The summed E-state index contributed by atoms with van der Waals surface area (Å²) in [5.74, 6) is 1.25. The van der Waals surface area contributed by atoms with E-state index in [0.29, 0.717) is 22.6 Å². The minimum Gasteiger partial charge on any atom is -0.497 e. The Morgan fingerprint density at radius 1 is 1.17 bits per heavy atom. The van der Waals surface area contributed by atoms with E-state index in [0.717, 1.165) is 6.07 Å². The number of nitrogens with one attached hydrogen (secondary N) is 1. The lowest BCUT2D eigenvalue weighted by Crippen LogP contribution is -2.24. The lowest BCUT2D eigenvalue weighted by molar-refractivity contribution is -0.385. The molecule has 1 aromatic heterocycles. The zero-order chi connectivity index (χ0) is 21.9. The molecule has 3 aromatic rings. The summed E-state index contributed by atoms with van der Waals surface area (Å²) in [5.41, 5.74) is 0.570. The fourth-order valence-electron chi connectivity index (χ4n) is 2.65. The van der Waals surface area contributed by atoms with Crippen molar-refractivity contribution >= 4 is 15.7 Å². The maximum Gasteiger partial charge on any atom is 0.270 e. The van der Waals surface area contributed by atoms with Crippen molar-refractivity contribution < 1.29 is 27.3 Å². The third-order valence-corrected chi connectivity index (χ3v) is 5.75. The number of aryl methyl sites for hydroxylation is 1. The highest BCUT2D eigenvalue weighted by Crippen LogP contribution is 2.31. The van der Waals surface area contributed by atoms with Gasteiger partial charge in [-0.05, 0) is 24.6 Å². The molecule has 0 aliphatic rings. The number of benzene rings is 2. The predicted molar refractivity (Wildman–Crippen MR) is 105 cm³/mol. The molecule has 158 valence electrons. The number of methoxy groups -OCH3 is 2. The average molecular weight is 434 g/mol. The normalized spacial score (nSPS) is 11.3. The van der Waals surface area contributed by atoms with Gasteiger partial charge in [-0.3, -0.25) is 10.1 Å². The summed E-state index contributed by atoms with van der Waals surface area (Å²) in [6.07, 6.45) is 0. The summed E-state index contributed by atoms with van der Waals surface area (Å²) >= 11 is 0. The molecule has 0 saturated heterocycles. The quantitative estimate of drug-likeness (QED) is 0.417. The number of ether oxygens (including phenoxy) is 2.